The minimum absolute atomic E-state index is 0.0695. The van der Waals surface area contributed by atoms with Crippen LogP contribution in [-0.2, 0) is 26.0 Å². The molecular formula is C31H36ClN3O4S. The summed E-state index contributed by atoms with van der Waals surface area (Å²) in [5.74, 6) is -0.688. The van der Waals surface area contributed by atoms with Crippen molar-refractivity contribution in [2.75, 3.05) is 17.4 Å². The lowest BCUT2D eigenvalue weighted by Gasteiger charge is -2.33. The molecule has 2 amide bonds. The van der Waals surface area contributed by atoms with E-state index in [2.05, 4.69) is 5.32 Å². The summed E-state index contributed by atoms with van der Waals surface area (Å²) >= 11 is 6.17. The first kappa shape index (κ1) is 29.6. The maximum atomic E-state index is 14.0. The predicted octanol–water partition coefficient (Wildman–Crippen LogP) is 5.36. The highest BCUT2D eigenvalue weighted by Gasteiger charge is 2.33. The molecule has 1 N–H and O–H groups in total. The summed E-state index contributed by atoms with van der Waals surface area (Å²) in [4.78, 5) is 28.8. The monoisotopic (exact) mass is 581 g/mol. The van der Waals surface area contributed by atoms with Crippen molar-refractivity contribution >= 4 is 39.1 Å². The van der Waals surface area contributed by atoms with Gasteiger partial charge in [0.1, 0.15) is 12.6 Å². The van der Waals surface area contributed by atoms with Gasteiger partial charge in [-0.2, -0.15) is 0 Å². The first-order chi connectivity index (χ1) is 19.2. The van der Waals surface area contributed by atoms with Gasteiger partial charge in [0.05, 0.1) is 10.6 Å². The first-order valence-electron chi connectivity index (χ1n) is 13.6. The number of nitrogens with zero attached hydrogens (tertiary/aromatic N) is 2. The molecule has 40 heavy (non-hydrogen) atoms. The standard InChI is InChI=1S/C31H36ClN3O4S/c1-23-21-26(32)17-18-29(23)35(40(38,39)28-15-7-4-8-16-28)22-30(36)34(20-19-25-11-5-3-6-12-25)24(2)31(37)33-27-13-9-10-14-27/h3-8,11-12,15-18,21,24,27H,9-10,13-14,19-20,22H2,1-2H3,(H,33,37)/t24-/m0/s1. The minimum atomic E-state index is -4.11. The lowest BCUT2D eigenvalue weighted by molar-refractivity contribution is -0.139. The van der Waals surface area contributed by atoms with Crippen LogP contribution in [0.3, 0.4) is 0 Å². The van der Waals surface area contributed by atoms with Crippen molar-refractivity contribution in [3.63, 3.8) is 0 Å². The molecule has 0 heterocycles. The number of halogens is 1. The molecule has 0 bridgehead atoms. The van der Waals surface area contributed by atoms with Gasteiger partial charge in [-0.15, -0.1) is 0 Å². The normalized spacial score (nSPS) is 14.5. The zero-order chi connectivity index (χ0) is 28.7. The van der Waals surface area contributed by atoms with E-state index >= 15 is 0 Å². The van der Waals surface area contributed by atoms with Crippen LogP contribution >= 0.6 is 11.6 Å². The second kappa shape index (κ2) is 13.3. The van der Waals surface area contributed by atoms with Crippen molar-refractivity contribution in [2.45, 2.75) is 62.9 Å². The van der Waals surface area contributed by atoms with Gasteiger partial charge in [-0.3, -0.25) is 13.9 Å². The predicted molar refractivity (Wildman–Crippen MR) is 159 cm³/mol. The smallest absolute Gasteiger partial charge is 0.264 e. The Balaban J connectivity index is 1.66. The molecule has 7 nitrogen and oxygen atoms in total. The first-order valence-corrected chi connectivity index (χ1v) is 15.5. The molecule has 212 valence electrons. The van der Waals surface area contributed by atoms with E-state index in [1.807, 2.05) is 30.3 Å². The Bertz CT molecular complexity index is 1410. The van der Waals surface area contributed by atoms with E-state index in [0.717, 1.165) is 35.6 Å². The molecule has 9 heteroatoms. The second-order valence-corrected chi connectivity index (χ2v) is 12.5. The van der Waals surface area contributed by atoms with Crippen LogP contribution in [0.4, 0.5) is 5.69 Å². The maximum absolute atomic E-state index is 14.0. The number of carbonyl (C=O) groups excluding carboxylic acids is 2. The van der Waals surface area contributed by atoms with Gasteiger partial charge in [0, 0.05) is 17.6 Å². The highest BCUT2D eigenvalue weighted by atomic mass is 35.5. The average Bonchev–Trinajstić information content (AvgIpc) is 3.46. The van der Waals surface area contributed by atoms with Crippen molar-refractivity contribution in [2.24, 2.45) is 0 Å². The van der Waals surface area contributed by atoms with Crippen molar-refractivity contribution in [1.82, 2.24) is 10.2 Å². The largest absolute Gasteiger partial charge is 0.352 e. The molecule has 4 rings (SSSR count). The Morgan fingerprint density at radius 3 is 2.23 bits per heavy atom. The fourth-order valence-electron chi connectivity index (χ4n) is 5.09. The number of aryl methyl sites for hydroxylation is 1. The lowest BCUT2D eigenvalue weighted by atomic mass is 10.1. The van der Waals surface area contributed by atoms with Crippen LogP contribution in [0.1, 0.15) is 43.7 Å². The van der Waals surface area contributed by atoms with Crippen LogP contribution in [0.15, 0.2) is 83.8 Å². The van der Waals surface area contributed by atoms with Crippen LogP contribution in [0.2, 0.25) is 5.02 Å². The van der Waals surface area contributed by atoms with Crippen LogP contribution < -0.4 is 9.62 Å². The fraction of sp³-hybridized carbons (Fsp3) is 0.355. The minimum Gasteiger partial charge on any atom is -0.352 e. The summed E-state index contributed by atoms with van der Waals surface area (Å²) in [6.07, 6.45) is 4.52. The molecule has 0 aliphatic heterocycles. The Kier molecular flexibility index (Phi) is 9.87. The van der Waals surface area contributed by atoms with Crippen molar-refractivity contribution in [3.05, 3.63) is 95.0 Å². The van der Waals surface area contributed by atoms with Crippen LogP contribution in [0.25, 0.3) is 0 Å². The summed E-state index contributed by atoms with van der Waals surface area (Å²) < 4.78 is 28.9. The fourth-order valence-corrected chi connectivity index (χ4v) is 6.82. The molecule has 3 aromatic rings. The molecule has 1 fully saturated rings. The summed E-state index contributed by atoms with van der Waals surface area (Å²) in [6.45, 7) is 3.26. The Hall–Kier alpha value is -3.36. The van der Waals surface area contributed by atoms with E-state index < -0.39 is 28.5 Å². The lowest BCUT2D eigenvalue weighted by Crippen LogP contribution is -2.53. The number of amides is 2. The molecule has 1 atom stereocenters. The summed E-state index contributed by atoms with van der Waals surface area (Å²) in [5.41, 5.74) is 1.99. The second-order valence-electron chi connectivity index (χ2n) is 10.2. The molecule has 0 saturated heterocycles. The van der Waals surface area contributed by atoms with Gasteiger partial charge in [-0.1, -0.05) is 73.0 Å². The van der Waals surface area contributed by atoms with Gasteiger partial charge < -0.3 is 10.2 Å². The zero-order valence-corrected chi connectivity index (χ0v) is 24.5. The van der Waals surface area contributed by atoms with Gasteiger partial charge in [0.15, 0.2) is 0 Å². The number of carbonyl (C=O) groups is 2. The Labute approximate surface area is 242 Å². The van der Waals surface area contributed by atoms with Gasteiger partial charge in [-0.05, 0) is 74.6 Å². The van der Waals surface area contributed by atoms with E-state index in [0.29, 0.717) is 22.7 Å². The molecule has 0 radical (unpaired) electrons. The molecule has 1 aliphatic rings. The molecule has 0 aromatic heterocycles. The summed E-state index contributed by atoms with van der Waals surface area (Å²) in [5, 5.41) is 3.55. The molecule has 1 aliphatic carbocycles. The Morgan fingerprint density at radius 1 is 0.975 bits per heavy atom. The van der Waals surface area contributed by atoms with Gasteiger partial charge in [0.2, 0.25) is 11.8 Å². The van der Waals surface area contributed by atoms with Crippen molar-refractivity contribution < 1.29 is 18.0 Å². The third kappa shape index (κ3) is 7.23. The number of benzene rings is 3. The third-order valence-electron chi connectivity index (χ3n) is 7.39. The molecular weight excluding hydrogens is 546 g/mol. The summed E-state index contributed by atoms with van der Waals surface area (Å²) in [7, 11) is -4.11. The van der Waals surface area contributed by atoms with Gasteiger partial charge in [0.25, 0.3) is 10.0 Å². The number of sulfonamides is 1. The van der Waals surface area contributed by atoms with E-state index in [9.17, 15) is 18.0 Å². The SMILES string of the molecule is Cc1cc(Cl)ccc1N(CC(=O)N(CCc1ccccc1)[C@@H](C)C(=O)NC1CCCC1)S(=O)(=O)c1ccccc1. The molecule has 0 spiro atoms. The summed E-state index contributed by atoms with van der Waals surface area (Å²) in [6, 6.07) is 21.9. The number of nitrogens with one attached hydrogen (secondary N) is 1. The number of hydrogen-bond donors (Lipinski definition) is 1. The Morgan fingerprint density at radius 2 is 1.60 bits per heavy atom. The maximum Gasteiger partial charge on any atom is 0.264 e. The molecule has 1 saturated carbocycles. The van der Waals surface area contributed by atoms with Crippen molar-refractivity contribution in [3.8, 4) is 0 Å². The molecule has 0 unspecified atom stereocenters. The number of anilines is 1. The van der Waals surface area contributed by atoms with Crippen LogP contribution in [-0.4, -0.2) is 50.3 Å². The van der Waals surface area contributed by atoms with E-state index in [1.54, 1.807) is 50.2 Å². The topological polar surface area (TPSA) is 86.8 Å². The van der Waals surface area contributed by atoms with Gasteiger partial charge >= 0.3 is 0 Å². The van der Waals surface area contributed by atoms with E-state index in [-0.39, 0.29) is 23.4 Å². The average molecular weight is 582 g/mol. The highest BCUT2D eigenvalue weighted by Crippen LogP contribution is 2.29. The number of hydrogen-bond acceptors (Lipinski definition) is 4. The quantitative estimate of drug-likeness (QED) is 0.330. The van der Waals surface area contributed by atoms with Crippen LogP contribution in [0.5, 0.6) is 0 Å². The highest BCUT2D eigenvalue weighted by molar-refractivity contribution is 7.92. The third-order valence-corrected chi connectivity index (χ3v) is 9.40. The van der Waals surface area contributed by atoms with E-state index in [4.69, 9.17) is 11.6 Å². The van der Waals surface area contributed by atoms with E-state index in [1.165, 1.54) is 17.0 Å². The zero-order valence-electron chi connectivity index (χ0n) is 22.9. The van der Waals surface area contributed by atoms with Gasteiger partial charge in [-0.25, -0.2) is 8.42 Å². The number of rotatable bonds is 11. The molecule has 3 aromatic carbocycles. The van der Waals surface area contributed by atoms with Crippen molar-refractivity contribution in [1.29, 1.82) is 0 Å². The van der Waals surface area contributed by atoms with Crippen LogP contribution in [0, 0.1) is 6.92 Å².